The summed E-state index contributed by atoms with van der Waals surface area (Å²) in [5.41, 5.74) is 3.06. The predicted octanol–water partition coefficient (Wildman–Crippen LogP) is 4.78. The number of aliphatic hydroxyl groups is 1. The fourth-order valence-corrected chi connectivity index (χ4v) is 3.41. The molecule has 0 aliphatic carbocycles. The molecular formula is C22H18FNO3. The van der Waals surface area contributed by atoms with Gasteiger partial charge in [0.2, 0.25) is 0 Å². The number of nitrogens with zero attached hydrogens (tertiary/aromatic N) is 1. The lowest BCUT2D eigenvalue weighted by Crippen LogP contribution is -2.29. The van der Waals surface area contributed by atoms with Crippen LogP contribution >= 0.6 is 0 Å². The second-order valence-electron chi connectivity index (χ2n) is 6.59. The van der Waals surface area contributed by atoms with E-state index in [4.69, 9.17) is 4.42 Å². The quantitative estimate of drug-likeness (QED) is 0.726. The van der Waals surface area contributed by atoms with E-state index in [2.05, 4.69) is 0 Å². The zero-order chi connectivity index (χ0) is 19.0. The third-order valence-electron chi connectivity index (χ3n) is 4.76. The van der Waals surface area contributed by atoms with Gasteiger partial charge in [-0.2, -0.15) is 0 Å². The molecule has 0 unspecified atom stereocenters. The molecule has 5 heteroatoms. The number of carbonyl (C=O) groups excluding carboxylic acids is 1. The van der Waals surface area contributed by atoms with Crippen molar-refractivity contribution in [1.29, 1.82) is 0 Å². The first-order chi connectivity index (χ1) is 13.0. The molecule has 1 aromatic heterocycles. The third kappa shape index (κ3) is 3.12. The maximum absolute atomic E-state index is 13.4. The maximum Gasteiger partial charge on any atom is 0.290 e. The molecule has 1 aliphatic rings. The first kappa shape index (κ1) is 17.1. The Balaban J connectivity index is 1.82. The van der Waals surface area contributed by atoms with Crippen molar-refractivity contribution in [2.24, 2.45) is 0 Å². The standard InChI is InChI=1S/C22H18FNO3/c1-14-4-6-15(7-5-14)19-20(16-8-10-17(23)11-9-16)24(22(26)21(19)25)13-18-3-2-12-27-18/h2-12,20,25H,13H2,1H3/t20-/m0/s1. The van der Waals surface area contributed by atoms with Crippen LogP contribution in [0.3, 0.4) is 0 Å². The van der Waals surface area contributed by atoms with Gasteiger partial charge >= 0.3 is 0 Å². The lowest BCUT2D eigenvalue weighted by atomic mass is 9.93. The fraction of sp³-hybridized carbons (Fsp3) is 0.136. The Morgan fingerprint density at radius 3 is 2.41 bits per heavy atom. The molecule has 1 aliphatic heterocycles. The van der Waals surface area contributed by atoms with Crippen LogP contribution < -0.4 is 0 Å². The van der Waals surface area contributed by atoms with Gasteiger partial charge < -0.3 is 14.4 Å². The molecule has 3 aromatic rings. The van der Waals surface area contributed by atoms with E-state index in [1.807, 2.05) is 31.2 Å². The van der Waals surface area contributed by atoms with Gasteiger partial charge in [0.05, 0.1) is 18.8 Å². The van der Waals surface area contributed by atoms with E-state index >= 15 is 0 Å². The van der Waals surface area contributed by atoms with E-state index in [1.54, 1.807) is 24.3 Å². The van der Waals surface area contributed by atoms with Crippen LogP contribution in [0.1, 0.15) is 28.5 Å². The molecular weight excluding hydrogens is 345 g/mol. The van der Waals surface area contributed by atoms with E-state index in [1.165, 1.54) is 23.3 Å². The Bertz CT molecular complexity index is 989. The Kier molecular flexibility index (Phi) is 4.28. The molecule has 0 spiro atoms. The molecule has 0 fully saturated rings. The van der Waals surface area contributed by atoms with E-state index in [0.29, 0.717) is 11.3 Å². The van der Waals surface area contributed by atoms with Gasteiger partial charge in [-0.05, 0) is 42.3 Å². The van der Waals surface area contributed by atoms with Crippen LogP contribution in [0.15, 0.2) is 77.1 Å². The Morgan fingerprint density at radius 2 is 1.78 bits per heavy atom. The van der Waals surface area contributed by atoms with Gasteiger partial charge in [0.25, 0.3) is 5.91 Å². The predicted molar refractivity (Wildman–Crippen MR) is 99.1 cm³/mol. The van der Waals surface area contributed by atoms with Crippen LogP contribution in [0.4, 0.5) is 4.39 Å². The Morgan fingerprint density at radius 1 is 1.07 bits per heavy atom. The van der Waals surface area contributed by atoms with Crippen LogP contribution in [0.25, 0.3) is 5.57 Å². The molecule has 0 radical (unpaired) electrons. The average molecular weight is 363 g/mol. The summed E-state index contributed by atoms with van der Waals surface area (Å²) in [4.78, 5) is 14.4. The summed E-state index contributed by atoms with van der Waals surface area (Å²) < 4.78 is 18.8. The number of amides is 1. The lowest BCUT2D eigenvalue weighted by molar-refractivity contribution is -0.130. The minimum atomic E-state index is -0.536. The number of furan rings is 1. The number of benzene rings is 2. The van der Waals surface area contributed by atoms with Crippen molar-refractivity contribution >= 4 is 11.5 Å². The summed E-state index contributed by atoms with van der Waals surface area (Å²) in [5, 5.41) is 10.6. The molecule has 4 nitrogen and oxygen atoms in total. The number of aryl methyl sites for hydroxylation is 1. The summed E-state index contributed by atoms with van der Waals surface area (Å²) in [5.74, 6) is -0.518. The van der Waals surface area contributed by atoms with Crippen molar-refractivity contribution in [2.45, 2.75) is 19.5 Å². The van der Waals surface area contributed by atoms with E-state index in [0.717, 1.165) is 16.7 Å². The second-order valence-corrected chi connectivity index (χ2v) is 6.59. The summed E-state index contributed by atoms with van der Waals surface area (Å²) in [6.45, 7) is 2.17. The third-order valence-corrected chi connectivity index (χ3v) is 4.76. The second kappa shape index (κ2) is 6.76. The van der Waals surface area contributed by atoms with Crippen LogP contribution in [-0.4, -0.2) is 15.9 Å². The molecule has 2 heterocycles. The summed E-state index contributed by atoms with van der Waals surface area (Å²) in [6, 6.07) is 16.6. The van der Waals surface area contributed by atoms with Crippen LogP contribution in [-0.2, 0) is 11.3 Å². The molecule has 2 aromatic carbocycles. The molecule has 136 valence electrons. The van der Waals surface area contributed by atoms with Gasteiger partial charge in [0, 0.05) is 5.57 Å². The molecule has 1 amide bonds. The fourth-order valence-electron chi connectivity index (χ4n) is 3.41. The number of hydrogen-bond acceptors (Lipinski definition) is 3. The highest BCUT2D eigenvalue weighted by Gasteiger charge is 2.41. The molecule has 1 N–H and O–H groups in total. The van der Waals surface area contributed by atoms with Crippen LogP contribution in [0.2, 0.25) is 0 Å². The van der Waals surface area contributed by atoms with Crippen molar-refractivity contribution in [1.82, 2.24) is 4.90 Å². The number of carbonyl (C=O) groups is 1. The highest BCUT2D eigenvalue weighted by Crippen LogP contribution is 2.43. The van der Waals surface area contributed by atoms with Crippen molar-refractivity contribution in [3.63, 3.8) is 0 Å². The van der Waals surface area contributed by atoms with Gasteiger partial charge in [-0.1, -0.05) is 42.0 Å². The zero-order valence-electron chi connectivity index (χ0n) is 14.7. The average Bonchev–Trinajstić information content (AvgIpc) is 3.26. The monoisotopic (exact) mass is 363 g/mol. The number of hydrogen-bond donors (Lipinski definition) is 1. The molecule has 0 bridgehead atoms. The minimum absolute atomic E-state index is 0.202. The lowest BCUT2D eigenvalue weighted by Gasteiger charge is -2.26. The van der Waals surface area contributed by atoms with Gasteiger partial charge in [-0.25, -0.2) is 4.39 Å². The SMILES string of the molecule is Cc1ccc(C2=C(O)C(=O)N(Cc3ccco3)[C@H]2c2ccc(F)cc2)cc1. The molecule has 0 saturated heterocycles. The number of rotatable bonds is 4. The molecule has 4 rings (SSSR count). The van der Waals surface area contributed by atoms with Gasteiger partial charge in [-0.15, -0.1) is 0 Å². The van der Waals surface area contributed by atoms with Crippen molar-refractivity contribution in [3.05, 3.63) is 101 Å². The van der Waals surface area contributed by atoms with E-state index < -0.39 is 11.9 Å². The van der Waals surface area contributed by atoms with Gasteiger partial charge in [-0.3, -0.25) is 4.79 Å². The number of aliphatic hydroxyl groups excluding tert-OH is 1. The maximum atomic E-state index is 13.4. The zero-order valence-corrected chi connectivity index (χ0v) is 14.7. The van der Waals surface area contributed by atoms with Crippen LogP contribution in [0.5, 0.6) is 0 Å². The Labute approximate surface area is 156 Å². The topological polar surface area (TPSA) is 53.7 Å². The molecule has 0 saturated carbocycles. The highest BCUT2D eigenvalue weighted by atomic mass is 19.1. The van der Waals surface area contributed by atoms with Gasteiger partial charge in [0.1, 0.15) is 11.6 Å². The minimum Gasteiger partial charge on any atom is -0.503 e. The first-order valence-electron chi connectivity index (χ1n) is 8.63. The summed E-state index contributed by atoms with van der Waals surface area (Å²) in [6.07, 6.45) is 1.54. The van der Waals surface area contributed by atoms with E-state index in [9.17, 15) is 14.3 Å². The summed E-state index contributed by atoms with van der Waals surface area (Å²) >= 11 is 0. The first-order valence-corrected chi connectivity index (χ1v) is 8.63. The smallest absolute Gasteiger partial charge is 0.290 e. The molecule has 27 heavy (non-hydrogen) atoms. The van der Waals surface area contributed by atoms with Crippen molar-refractivity contribution in [2.75, 3.05) is 0 Å². The Hall–Kier alpha value is -3.34. The molecule has 1 atom stereocenters. The normalized spacial score (nSPS) is 17.0. The van der Waals surface area contributed by atoms with Crippen molar-refractivity contribution < 1.29 is 18.7 Å². The summed E-state index contributed by atoms with van der Waals surface area (Å²) in [7, 11) is 0. The van der Waals surface area contributed by atoms with Crippen LogP contribution in [0, 0.1) is 12.7 Å². The number of halogens is 1. The largest absolute Gasteiger partial charge is 0.503 e. The van der Waals surface area contributed by atoms with Gasteiger partial charge in [0.15, 0.2) is 5.76 Å². The van der Waals surface area contributed by atoms with E-state index in [-0.39, 0.29) is 18.1 Å². The van der Waals surface area contributed by atoms with Crippen molar-refractivity contribution in [3.8, 4) is 0 Å². The highest BCUT2D eigenvalue weighted by molar-refractivity contribution is 6.05.